The molecular formula is C19H20N2O4. The van der Waals surface area contributed by atoms with Crippen LogP contribution in [0.15, 0.2) is 24.3 Å². The number of nitrogens with zero attached hydrogens (tertiary/aromatic N) is 1. The number of aromatic nitrogens is 1. The van der Waals surface area contributed by atoms with Crippen molar-refractivity contribution in [2.24, 2.45) is 0 Å². The Balaban J connectivity index is 2.24. The lowest BCUT2D eigenvalue weighted by molar-refractivity contribution is 0.0525. The molecule has 1 atom stereocenters. The highest BCUT2D eigenvalue weighted by molar-refractivity contribution is 6.03. The summed E-state index contributed by atoms with van der Waals surface area (Å²) >= 11 is 0. The number of Topliss-reactive ketones (excluding diaryl/α,β-unsaturated/α-hetero) is 1. The van der Waals surface area contributed by atoms with E-state index in [1.54, 1.807) is 52.0 Å². The molecule has 0 fully saturated rings. The van der Waals surface area contributed by atoms with Crippen molar-refractivity contribution >= 4 is 11.8 Å². The molecule has 0 aliphatic heterocycles. The first-order valence-corrected chi connectivity index (χ1v) is 7.96. The van der Waals surface area contributed by atoms with E-state index in [2.05, 4.69) is 4.98 Å². The van der Waals surface area contributed by atoms with Crippen molar-refractivity contribution in [2.75, 3.05) is 6.61 Å². The van der Waals surface area contributed by atoms with E-state index in [0.717, 1.165) is 0 Å². The summed E-state index contributed by atoms with van der Waals surface area (Å²) in [5.41, 5.74) is 2.28. The average molecular weight is 340 g/mol. The van der Waals surface area contributed by atoms with Gasteiger partial charge < -0.3 is 14.5 Å². The highest BCUT2D eigenvalue weighted by atomic mass is 16.5. The van der Waals surface area contributed by atoms with Gasteiger partial charge in [-0.25, -0.2) is 4.79 Å². The first-order valence-electron chi connectivity index (χ1n) is 7.96. The molecule has 0 aliphatic rings. The second kappa shape index (κ2) is 7.67. The van der Waals surface area contributed by atoms with Crippen molar-refractivity contribution in [2.45, 2.75) is 33.8 Å². The van der Waals surface area contributed by atoms with Crippen LogP contribution in [0.5, 0.6) is 5.75 Å². The number of carbonyl (C=O) groups excluding carboxylic acids is 2. The number of esters is 1. The molecule has 1 N–H and O–H groups in total. The number of nitriles is 1. The molecular weight excluding hydrogens is 320 g/mol. The summed E-state index contributed by atoms with van der Waals surface area (Å²) in [6.07, 6.45) is -0.777. The predicted octanol–water partition coefficient (Wildman–Crippen LogP) is 3.33. The molecule has 0 bridgehead atoms. The van der Waals surface area contributed by atoms with Gasteiger partial charge in [-0.05, 0) is 51.5 Å². The molecule has 25 heavy (non-hydrogen) atoms. The first kappa shape index (κ1) is 18.3. The van der Waals surface area contributed by atoms with Crippen LogP contribution in [0.1, 0.15) is 51.5 Å². The van der Waals surface area contributed by atoms with Gasteiger partial charge in [-0.3, -0.25) is 4.79 Å². The predicted molar refractivity (Wildman–Crippen MR) is 91.8 cm³/mol. The lowest BCUT2D eigenvalue weighted by Crippen LogP contribution is -2.25. The Hall–Kier alpha value is -3.07. The van der Waals surface area contributed by atoms with Gasteiger partial charge >= 0.3 is 5.97 Å². The summed E-state index contributed by atoms with van der Waals surface area (Å²) in [4.78, 5) is 27.7. The van der Waals surface area contributed by atoms with Crippen molar-refractivity contribution in [1.29, 1.82) is 5.26 Å². The zero-order valence-corrected chi connectivity index (χ0v) is 14.7. The normalized spacial score (nSPS) is 11.5. The number of nitrogens with one attached hydrogen (secondary N) is 1. The number of aryl methyl sites for hydroxylation is 1. The molecule has 2 aromatic rings. The summed E-state index contributed by atoms with van der Waals surface area (Å²) in [7, 11) is 0. The standard InChI is InChI=1S/C19H20N2O4/c1-5-24-19(23)16-11(2)17(21-12(16)3)18(22)13(4)25-15-8-6-7-14(9-15)10-20/h6-9,13,21H,5H2,1-4H3. The van der Waals surface area contributed by atoms with E-state index in [0.29, 0.717) is 33.8 Å². The molecule has 1 unspecified atom stereocenters. The van der Waals surface area contributed by atoms with Gasteiger partial charge in [0.1, 0.15) is 5.75 Å². The summed E-state index contributed by atoms with van der Waals surface area (Å²) in [5.74, 6) is -0.298. The maximum Gasteiger partial charge on any atom is 0.340 e. The van der Waals surface area contributed by atoms with Crippen molar-refractivity contribution < 1.29 is 19.1 Å². The van der Waals surface area contributed by atoms with Gasteiger partial charge in [-0.2, -0.15) is 5.26 Å². The van der Waals surface area contributed by atoms with Crippen LogP contribution in [0, 0.1) is 25.2 Å². The Bertz CT molecular complexity index is 846. The van der Waals surface area contributed by atoms with Crippen LogP contribution in [-0.2, 0) is 4.74 Å². The summed E-state index contributed by atoms with van der Waals surface area (Å²) in [5, 5.41) is 8.93. The van der Waals surface area contributed by atoms with Gasteiger partial charge in [0.25, 0.3) is 0 Å². The molecule has 1 aromatic heterocycles. The van der Waals surface area contributed by atoms with E-state index in [9.17, 15) is 9.59 Å². The second-order valence-corrected chi connectivity index (χ2v) is 5.61. The van der Waals surface area contributed by atoms with E-state index in [4.69, 9.17) is 14.7 Å². The zero-order valence-electron chi connectivity index (χ0n) is 14.7. The third-order valence-corrected chi connectivity index (χ3v) is 3.81. The van der Waals surface area contributed by atoms with Crippen LogP contribution >= 0.6 is 0 Å². The topological polar surface area (TPSA) is 92.2 Å². The monoisotopic (exact) mass is 340 g/mol. The van der Waals surface area contributed by atoms with Crippen LogP contribution in [0.4, 0.5) is 0 Å². The molecule has 0 saturated carbocycles. The van der Waals surface area contributed by atoms with Gasteiger partial charge in [-0.15, -0.1) is 0 Å². The lowest BCUT2D eigenvalue weighted by atomic mass is 10.1. The Morgan fingerprint density at radius 2 is 2.04 bits per heavy atom. The molecule has 6 nitrogen and oxygen atoms in total. The van der Waals surface area contributed by atoms with Gasteiger partial charge in [0.15, 0.2) is 6.10 Å². The summed E-state index contributed by atoms with van der Waals surface area (Å²) < 4.78 is 10.7. The van der Waals surface area contributed by atoms with Crippen LogP contribution in [0.3, 0.4) is 0 Å². The number of rotatable bonds is 6. The Labute approximate surface area is 146 Å². The number of benzene rings is 1. The van der Waals surface area contributed by atoms with Crippen LogP contribution in [0.2, 0.25) is 0 Å². The van der Waals surface area contributed by atoms with Crippen LogP contribution in [-0.4, -0.2) is 29.4 Å². The average Bonchev–Trinajstić information content (AvgIpc) is 2.89. The van der Waals surface area contributed by atoms with E-state index in [1.807, 2.05) is 6.07 Å². The minimum atomic E-state index is -0.777. The van der Waals surface area contributed by atoms with Gasteiger partial charge in [0, 0.05) is 5.69 Å². The fraction of sp³-hybridized carbons (Fsp3) is 0.316. The smallest absolute Gasteiger partial charge is 0.340 e. The van der Waals surface area contributed by atoms with E-state index >= 15 is 0 Å². The number of carbonyl (C=O) groups is 2. The van der Waals surface area contributed by atoms with Crippen molar-refractivity contribution in [3.63, 3.8) is 0 Å². The lowest BCUT2D eigenvalue weighted by Gasteiger charge is -2.13. The molecule has 0 saturated heterocycles. The maximum absolute atomic E-state index is 12.7. The number of aromatic amines is 1. The Morgan fingerprint density at radius 1 is 1.32 bits per heavy atom. The van der Waals surface area contributed by atoms with Gasteiger partial charge in [-0.1, -0.05) is 6.07 Å². The molecule has 0 radical (unpaired) electrons. The van der Waals surface area contributed by atoms with Crippen LogP contribution < -0.4 is 4.74 Å². The van der Waals surface area contributed by atoms with E-state index in [1.165, 1.54) is 0 Å². The fourth-order valence-electron chi connectivity index (χ4n) is 2.61. The Morgan fingerprint density at radius 3 is 2.68 bits per heavy atom. The largest absolute Gasteiger partial charge is 0.482 e. The minimum absolute atomic E-state index is 0.265. The minimum Gasteiger partial charge on any atom is -0.482 e. The van der Waals surface area contributed by atoms with E-state index < -0.39 is 12.1 Å². The maximum atomic E-state index is 12.7. The molecule has 0 aliphatic carbocycles. The highest BCUT2D eigenvalue weighted by Gasteiger charge is 2.26. The van der Waals surface area contributed by atoms with Gasteiger partial charge in [0.2, 0.25) is 5.78 Å². The zero-order chi connectivity index (χ0) is 18.6. The molecule has 1 heterocycles. The molecule has 0 spiro atoms. The quantitative estimate of drug-likeness (QED) is 0.643. The first-order chi connectivity index (χ1) is 11.9. The molecule has 1 aromatic carbocycles. The van der Waals surface area contributed by atoms with Crippen molar-refractivity contribution in [3.8, 4) is 11.8 Å². The number of H-pyrrole nitrogens is 1. The summed E-state index contributed by atoms with van der Waals surface area (Å²) in [6.45, 7) is 7.04. The fourth-order valence-corrected chi connectivity index (χ4v) is 2.61. The SMILES string of the molecule is CCOC(=O)c1c(C)[nH]c(C(=O)C(C)Oc2cccc(C#N)c2)c1C. The third kappa shape index (κ3) is 3.89. The van der Waals surface area contributed by atoms with Crippen molar-refractivity contribution in [1.82, 2.24) is 4.98 Å². The number of ether oxygens (including phenoxy) is 2. The molecule has 0 amide bonds. The highest BCUT2D eigenvalue weighted by Crippen LogP contribution is 2.22. The van der Waals surface area contributed by atoms with Crippen molar-refractivity contribution in [3.05, 3.63) is 52.3 Å². The van der Waals surface area contributed by atoms with Gasteiger partial charge in [0.05, 0.1) is 29.5 Å². The van der Waals surface area contributed by atoms with E-state index in [-0.39, 0.29) is 12.4 Å². The molecule has 6 heteroatoms. The Kier molecular flexibility index (Phi) is 5.60. The summed E-state index contributed by atoms with van der Waals surface area (Å²) in [6, 6.07) is 8.62. The third-order valence-electron chi connectivity index (χ3n) is 3.81. The van der Waals surface area contributed by atoms with Crippen LogP contribution in [0.25, 0.3) is 0 Å². The second-order valence-electron chi connectivity index (χ2n) is 5.61. The molecule has 2 rings (SSSR count). The number of hydrogen-bond donors (Lipinski definition) is 1. The molecule has 130 valence electrons. The number of ketones is 1. The number of hydrogen-bond acceptors (Lipinski definition) is 5.